The van der Waals surface area contributed by atoms with E-state index in [1.807, 2.05) is 56.3 Å². The van der Waals surface area contributed by atoms with E-state index in [-0.39, 0.29) is 12.3 Å². The van der Waals surface area contributed by atoms with Gasteiger partial charge < -0.3 is 20.1 Å². The first-order valence-corrected chi connectivity index (χ1v) is 8.51. The number of benzene rings is 1. The molecule has 8 heteroatoms. The molecule has 3 aromatic rings. The highest BCUT2D eigenvalue weighted by atomic mass is 16.5. The highest BCUT2D eigenvalue weighted by molar-refractivity contribution is 5.92. The van der Waals surface area contributed by atoms with E-state index in [4.69, 9.17) is 4.52 Å². The number of hydrogen-bond donors (Lipinski definition) is 2. The number of hydrogen-bond acceptors (Lipinski definition) is 7. The minimum absolute atomic E-state index is 0.116. The second kappa shape index (κ2) is 7.86. The number of rotatable bonds is 6. The fraction of sp³-hybridized carbons (Fsp3) is 0.263. The summed E-state index contributed by atoms with van der Waals surface area (Å²) < 4.78 is 5.09. The molecule has 27 heavy (non-hydrogen) atoms. The van der Waals surface area contributed by atoms with E-state index in [0.717, 1.165) is 22.6 Å². The van der Waals surface area contributed by atoms with Crippen molar-refractivity contribution in [3.63, 3.8) is 0 Å². The third-order valence-corrected chi connectivity index (χ3v) is 4.12. The average molecular weight is 366 g/mol. The Hall–Kier alpha value is -3.42. The smallest absolute Gasteiger partial charge is 0.228 e. The molecular formula is C19H22N6O2. The lowest BCUT2D eigenvalue weighted by Gasteiger charge is -2.13. The summed E-state index contributed by atoms with van der Waals surface area (Å²) in [6.45, 7) is 3.63. The van der Waals surface area contributed by atoms with Crippen LogP contribution in [0.2, 0.25) is 0 Å². The normalized spacial score (nSPS) is 10.5. The fourth-order valence-electron chi connectivity index (χ4n) is 2.57. The number of nitrogens with zero attached hydrogens (tertiary/aromatic N) is 4. The Labute approximate surface area is 157 Å². The molecule has 140 valence electrons. The summed E-state index contributed by atoms with van der Waals surface area (Å²) in [5.41, 5.74) is 4.08. The van der Waals surface area contributed by atoms with Crippen molar-refractivity contribution >= 4 is 28.8 Å². The van der Waals surface area contributed by atoms with Crippen LogP contribution in [-0.4, -0.2) is 35.4 Å². The predicted molar refractivity (Wildman–Crippen MR) is 104 cm³/mol. The zero-order valence-electron chi connectivity index (χ0n) is 15.8. The molecule has 0 atom stereocenters. The molecule has 2 N–H and O–H groups in total. The van der Waals surface area contributed by atoms with Crippen molar-refractivity contribution in [3.05, 3.63) is 53.5 Å². The van der Waals surface area contributed by atoms with Gasteiger partial charge in [0, 0.05) is 37.1 Å². The van der Waals surface area contributed by atoms with Crippen LogP contribution < -0.4 is 15.5 Å². The summed E-state index contributed by atoms with van der Waals surface area (Å²) in [6, 6.07) is 9.31. The molecule has 0 unspecified atom stereocenters. The van der Waals surface area contributed by atoms with Gasteiger partial charge in [-0.05, 0) is 38.1 Å². The highest BCUT2D eigenvalue weighted by Crippen LogP contribution is 2.20. The lowest BCUT2D eigenvalue weighted by molar-refractivity contribution is -0.115. The monoisotopic (exact) mass is 366 g/mol. The molecule has 1 aromatic carbocycles. The standard InChI is InChI=1S/C19H22N6O2/c1-12-17(13(2)27-24-12)10-19(26)22-15-7-5-14(6-8-15)21-18-9-16(25(3)4)11-20-23-18/h5-9,11H,10H2,1-4H3,(H,21,23)(H,22,26). The molecule has 3 rings (SSSR count). The minimum atomic E-state index is -0.116. The first-order valence-electron chi connectivity index (χ1n) is 8.51. The number of anilines is 4. The maximum atomic E-state index is 12.2. The Kier molecular flexibility index (Phi) is 5.35. The zero-order chi connectivity index (χ0) is 19.4. The molecular weight excluding hydrogens is 344 g/mol. The molecule has 0 aliphatic heterocycles. The molecule has 0 saturated heterocycles. The number of aromatic nitrogens is 3. The van der Waals surface area contributed by atoms with Gasteiger partial charge in [0.15, 0.2) is 5.82 Å². The SMILES string of the molecule is Cc1noc(C)c1CC(=O)Nc1ccc(Nc2cc(N(C)C)cnn2)cc1. The van der Waals surface area contributed by atoms with E-state index in [9.17, 15) is 4.79 Å². The third kappa shape index (κ3) is 4.60. The maximum absolute atomic E-state index is 12.2. The highest BCUT2D eigenvalue weighted by Gasteiger charge is 2.13. The van der Waals surface area contributed by atoms with E-state index < -0.39 is 0 Å². The minimum Gasteiger partial charge on any atom is -0.376 e. The second-order valence-corrected chi connectivity index (χ2v) is 6.42. The summed E-state index contributed by atoms with van der Waals surface area (Å²) in [6.07, 6.45) is 1.93. The number of nitrogens with one attached hydrogen (secondary N) is 2. The molecule has 1 amide bonds. The van der Waals surface area contributed by atoms with Crippen LogP contribution in [0.3, 0.4) is 0 Å². The molecule has 0 aliphatic rings. The van der Waals surface area contributed by atoms with Crippen LogP contribution in [0.5, 0.6) is 0 Å². The summed E-state index contributed by atoms with van der Waals surface area (Å²) in [5.74, 6) is 1.20. The van der Waals surface area contributed by atoms with Gasteiger partial charge in [0.2, 0.25) is 5.91 Å². The molecule has 8 nitrogen and oxygen atoms in total. The van der Waals surface area contributed by atoms with Gasteiger partial charge in [-0.25, -0.2) is 0 Å². The van der Waals surface area contributed by atoms with Crippen LogP contribution in [0.1, 0.15) is 17.0 Å². The van der Waals surface area contributed by atoms with Gasteiger partial charge in [0.25, 0.3) is 0 Å². The van der Waals surface area contributed by atoms with Crippen LogP contribution in [0.4, 0.5) is 22.9 Å². The van der Waals surface area contributed by atoms with E-state index in [1.54, 1.807) is 13.1 Å². The van der Waals surface area contributed by atoms with Gasteiger partial charge in [-0.15, -0.1) is 5.10 Å². The molecule has 0 bridgehead atoms. The van der Waals surface area contributed by atoms with Crippen molar-refractivity contribution in [3.8, 4) is 0 Å². The van der Waals surface area contributed by atoms with Crippen molar-refractivity contribution < 1.29 is 9.32 Å². The largest absolute Gasteiger partial charge is 0.376 e. The number of carbonyl (C=O) groups excluding carboxylic acids is 1. The molecule has 2 aromatic heterocycles. The van der Waals surface area contributed by atoms with Crippen LogP contribution in [0.25, 0.3) is 0 Å². The zero-order valence-corrected chi connectivity index (χ0v) is 15.8. The lowest BCUT2D eigenvalue weighted by Crippen LogP contribution is -2.15. The van der Waals surface area contributed by atoms with Gasteiger partial charge in [-0.2, -0.15) is 5.10 Å². The molecule has 0 radical (unpaired) electrons. The van der Waals surface area contributed by atoms with Crippen LogP contribution >= 0.6 is 0 Å². The Morgan fingerprint density at radius 2 is 1.85 bits per heavy atom. The van der Waals surface area contributed by atoms with Crippen LogP contribution in [-0.2, 0) is 11.2 Å². The second-order valence-electron chi connectivity index (χ2n) is 6.42. The number of carbonyl (C=O) groups is 1. The van der Waals surface area contributed by atoms with Crippen LogP contribution in [0.15, 0.2) is 41.1 Å². The van der Waals surface area contributed by atoms with Gasteiger partial charge in [0.1, 0.15) is 5.76 Å². The third-order valence-electron chi connectivity index (χ3n) is 4.12. The van der Waals surface area contributed by atoms with Crippen molar-refractivity contribution in [2.45, 2.75) is 20.3 Å². The predicted octanol–water partition coefficient (Wildman–Crippen LogP) is 3.07. The van der Waals surface area contributed by atoms with Gasteiger partial charge in [-0.3, -0.25) is 4.79 Å². The topological polar surface area (TPSA) is 96.2 Å². The quantitative estimate of drug-likeness (QED) is 0.692. The van der Waals surface area contributed by atoms with E-state index in [1.165, 1.54) is 0 Å². The van der Waals surface area contributed by atoms with Crippen molar-refractivity contribution in [2.75, 3.05) is 29.6 Å². The van der Waals surface area contributed by atoms with Gasteiger partial charge in [-0.1, -0.05) is 5.16 Å². The average Bonchev–Trinajstić information content (AvgIpc) is 2.95. The molecule has 0 aliphatic carbocycles. The Morgan fingerprint density at radius 3 is 2.48 bits per heavy atom. The van der Waals surface area contributed by atoms with Crippen LogP contribution in [0, 0.1) is 13.8 Å². The van der Waals surface area contributed by atoms with Crippen molar-refractivity contribution in [1.82, 2.24) is 15.4 Å². The van der Waals surface area contributed by atoms with E-state index in [0.29, 0.717) is 17.3 Å². The fourth-order valence-corrected chi connectivity index (χ4v) is 2.57. The first kappa shape index (κ1) is 18.4. The first-order chi connectivity index (χ1) is 12.9. The molecule has 0 saturated carbocycles. The summed E-state index contributed by atoms with van der Waals surface area (Å²) in [7, 11) is 3.89. The van der Waals surface area contributed by atoms with Gasteiger partial charge >= 0.3 is 0 Å². The van der Waals surface area contributed by atoms with E-state index >= 15 is 0 Å². The van der Waals surface area contributed by atoms with Crippen molar-refractivity contribution in [1.29, 1.82) is 0 Å². The Bertz CT molecular complexity index is 914. The number of aryl methyl sites for hydroxylation is 2. The van der Waals surface area contributed by atoms with Crippen molar-refractivity contribution in [2.24, 2.45) is 0 Å². The summed E-state index contributed by atoms with van der Waals surface area (Å²) >= 11 is 0. The Morgan fingerprint density at radius 1 is 1.15 bits per heavy atom. The summed E-state index contributed by atoms with van der Waals surface area (Å²) in [4.78, 5) is 14.2. The maximum Gasteiger partial charge on any atom is 0.228 e. The molecule has 0 fully saturated rings. The van der Waals surface area contributed by atoms with Gasteiger partial charge in [0.05, 0.1) is 24.0 Å². The number of amides is 1. The molecule has 0 spiro atoms. The molecule has 2 heterocycles. The van der Waals surface area contributed by atoms with E-state index in [2.05, 4.69) is 26.0 Å². The lowest BCUT2D eigenvalue weighted by atomic mass is 10.1. The summed E-state index contributed by atoms with van der Waals surface area (Å²) in [5, 5.41) is 18.0. The Balaban J connectivity index is 1.62.